The van der Waals surface area contributed by atoms with E-state index in [9.17, 15) is 0 Å². The summed E-state index contributed by atoms with van der Waals surface area (Å²) in [5.41, 5.74) is 5.74. The van der Waals surface area contributed by atoms with Gasteiger partial charge in [0.2, 0.25) is 0 Å². The van der Waals surface area contributed by atoms with E-state index >= 15 is 0 Å². The van der Waals surface area contributed by atoms with Crippen LogP contribution >= 0.6 is 46.6 Å². The number of benzene rings is 1. The van der Waals surface area contributed by atoms with Crippen LogP contribution in [0.15, 0.2) is 23.1 Å². The molecule has 0 unspecified atom stereocenters. The summed E-state index contributed by atoms with van der Waals surface area (Å²) in [7, 11) is 0. The molecule has 1 heterocycles. The van der Waals surface area contributed by atoms with Gasteiger partial charge in [0.25, 0.3) is 0 Å². The lowest BCUT2D eigenvalue weighted by Gasteiger charge is -1.91. The lowest BCUT2D eigenvalue weighted by molar-refractivity contribution is 1.64. The lowest BCUT2D eigenvalue weighted by Crippen LogP contribution is -1.77. The molecule has 4 heteroatoms. The van der Waals surface area contributed by atoms with Gasteiger partial charge < -0.3 is 5.73 Å². The van der Waals surface area contributed by atoms with Gasteiger partial charge in [-0.3, -0.25) is 0 Å². The molecule has 12 heavy (non-hydrogen) atoms. The van der Waals surface area contributed by atoms with E-state index in [1.807, 2.05) is 0 Å². The third-order valence-corrected chi connectivity index (χ3v) is 3.95. The summed E-state index contributed by atoms with van der Waals surface area (Å²) < 4.78 is 2.42. The highest BCUT2D eigenvalue weighted by Gasteiger charge is 2.05. The highest BCUT2D eigenvalue weighted by atomic mass is 127. The minimum Gasteiger partial charge on any atom is -0.390 e. The number of thiol groups is 1. The van der Waals surface area contributed by atoms with Crippen LogP contribution in [0.3, 0.4) is 0 Å². The number of hydrogen-bond donors (Lipinski definition) is 2. The van der Waals surface area contributed by atoms with Gasteiger partial charge in [0, 0.05) is 18.6 Å². The molecular weight excluding hydrogens is 301 g/mol. The zero-order valence-electron chi connectivity index (χ0n) is 6.04. The summed E-state index contributed by atoms with van der Waals surface area (Å²) in [5, 5.41) is 1.96. The first kappa shape index (κ1) is 8.65. The van der Waals surface area contributed by atoms with E-state index in [4.69, 9.17) is 5.73 Å². The van der Waals surface area contributed by atoms with Crippen LogP contribution in [0.1, 0.15) is 0 Å². The molecule has 0 saturated heterocycles. The van der Waals surface area contributed by atoms with Crippen LogP contribution in [0.4, 0.5) is 5.00 Å². The molecular formula is C8H6INS2. The maximum Gasteiger partial charge on any atom is 0.100 e. The fourth-order valence-corrected chi connectivity index (χ4v) is 2.82. The molecule has 0 aliphatic carbocycles. The number of hydrogen-bond acceptors (Lipinski definition) is 3. The Labute approximate surface area is 93.5 Å². The highest BCUT2D eigenvalue weighted by molar-refractivity contribution is 14.1. The number of rotatable bonds is 0. The molecule has 1 aromatic carbocycles. The maximum absolute atomic E-state index is 5.74. The summed E-state index contributed by atoms with van der Waals surface area (Å²) in [5.74, 6) is 0. The zero-order valence-corrected chi connectivity index (χ0v) is 9.91. The fourth-order valence-electron chi connectivity index (χ4n) is 1.08. The molecule has 0 amide bonds. The summed E-state index contributed by atoms with van der Waals surface area (Å²) in [4.78, 5) is 0.911. The normalized spacial score (nSPS) is 10.8. The average Bonchev–Trinajstić information content (AvgIpc) is 2.31. The van der Waals surface area contributed by atoms with Crippen LogP contribution in [0.25, 0.3) is 10.1 Å². The van der Waals surface area contributed by atoms with E-state index in [1.165, 1.54) is 8.27 Å². The molecule has 0 atom stereocenters. The topological polar surface area (TPSA) is 26.0 Å². The molecule has 0 aliphatic rings. The standard InChI is InChI=1S/C8H6INS2/c9-4-1-2-6-5(3-4)7(11)8(10)12-6/h1-3,11H,10H2. The van der Waals surface area contributed by atoms with Crippen molar-refractivity contribution in [3.63, 3.8) is 0 Å². The second kappa shape index (κ2) is 3.08. The van der Waals surface area contributed by atoms with Crippen molar-refractivity contribution in [3.05, 3.63) is 21.8 Å². The van der Waals surface area contributed by atoms with Gasteiger partial charge in [0.1, 0.15) is 5.00 Å². The van der Waals surface area contributed by atoms with Gasteiger partial charge in [-0.2, -0.15) is 0 Å². The zero-order chi connectivity index (χ0) is 8.72. The van der Waals surface area contributed by atoms with Crippen LogP contribution in [0, 0.1) is 3.57 Å². The highest BCUT2D eigenvalue weighted by Crippen LogP contribution is 2.36. The number of nitrogen functional groups attached to an aromatic ring is 1. The van der Waals surface area contributed by atoms with Crippen molar-refractivity contribution < 1.29 is 0 Å². The molecule has 0 spiro atoms. The molecule has 2 N–H and O–H groups in total. The van der Waals surface area contributed by atoms with Gasteiger partial charge >= 0.3 is 0 Å². The number of nitrogens with two attached hydrogens (primary N) is 1. The maximum atomic E-state index is 5.74. The van der Waals surface area contributed by atoms with Crippen LogP contribution in [-0.4, -0.2) is 0 Å². The largest absolute Gasteiger partial charge is 0.390 e. The first-order chi connectivity index (χ1) is 5.68. The molecule has 0 saturated carbocycles. The van der Waals surface area contributed by atoms with Crippen LogP contribution in [0.2, 0.25) is 0 Å². The lowest BCUT2D eigenvalue weighted by atomic mass is 10.3. The summed E-state index contributed by atoms with van der Waals surface area (Å²) in [6.07, 6.45) is 0. The SMILES string of the molecule is Nc1sc2ccc(I)cc2c1S. The second-order valence-electron chi connectivity index (χ2n) is 2.46. The monoisotopic (exact) mass is 307 g/mol. The molecule has 0 bridgehead atoms. The molecule has 0 fully saturated rings. The van der Waals surface area contributed by atoms with Crippen LogP contribution in [-0.2, 0) is 0 Å². The third-order valence-electron chi connectivity index (χ3n) is 1.65. The van der Waals surface area contributed by atoms with Crippen molar-refractivity contribution in [2.75, 3.05) is 5.73 Å². The van der Waals surface area contributed by atoms with Gasteiger partial charge in [-0.1, -0.05) is 0 Å². The number of thiophene rings is 1. The van der Waals surface area contributed by atoms with E-state index < -0.39 is 0 Å². The van der Waals surface area contributed by atoms with E-state index in [0.717, 1.165) is 15.3 Å². The Morgan fingerprint density at radius 3 is 2.92 bits per heavy atom. The fraction of sp³-hybridized carbons (Fsp3) is 0. The Morgan fingerprint density at radius 2 is 2.17 bits per heavy atom. The molecule has 0 aliphatic heterocycles. The molecule has 2 aromatic rings. The average molecular weight is 307 g/mol. The Hall–Kier alpha value is 0.0600. The van der Waals surface area contributed by atoms with Crippen molar-refractivity contribution >= 4 is 61.6 Å². The quantitative estimate of drug-likeness (QED) is 0.566. The van der Waals surface area contributed by atoms with Gasteiger partial charge in [-0.25, -0.2) is 0 Å². The minimum absolute atomic E-state index is 0.801. The summed E-state index contributed by atoms with van der Waals surface area (Å²) >= 11 is 8.21. The van der Waals surface area contributed by atoms with E-state index in [1.54, 1.807) is 11.3 Å². The first-order valence-electron chi connectivity index (χ1n) is 3.35. The van der Waals surface area contributed by atoms with Crippen molar-refractivity contribution in [3.8, 4) is 0 Å². The molecule has 2 rings (SSSR count). The van der Waals surface area contributed by atoms with Gasteiger partial charge in [-0.05, 0) is 40.8 Å². The van der Waals surface area contributed by atoms with Crippen molar-refractivity contribution in [2.45, 2.75) is 4.90 Å². The smallest absolute Gasteiger partial charge is 0.100 e. The van der Waals surface area contributed by atoms with Gasteiger partial charge in [0.05, 0.1) is 0 Å². The van der Waals surface area contributed by atoms with Gasteiger partial charge in [-0.15, -0.1) is 24.0 Å². The number of halogens is 1. The van der Waals surface area contributed by atoms with Crippen LogP contribution in [0.5, 0.6) is 0 Å². The Balaban J connectivity index is 2.88. The van der Waals surface area contributed by atoms with Crippen molar-refractivity contribution in [1.29, 1.82) is 0 Å². The molecule has 1 aromatic heterocycles. The summed E-state index contributed by atoms with van der Waals surface area (Å²) in [6, 6.07) is 6.26. The van der Waals surface area contributed by atoms with Gasteiger partial charge in [0.15, 0.2) is 0 Å². The van der Waals surface area contributed by atoms with E-state index in [-0.39, 0.29) is 0 Å². The van der Waals surface area contributed by atoms with Crippen LogP contribution < -0.4 is 5.73 Å². The van der Waals surface area contributed by atoms with E-state index in [0.29, 0.717) is 0 Å². The molecule has 0 radical (unpaired) electrons. The Bertz CT molecular complexity index is 436. The number of anilines is 1. The molecule has 1 nitrogen and oxygen atoms in total. The molecule has 62 valence electrons. The summed E-state index contributed by atoms with van der Waals surface area (Å²) in [6.45, 7) is 0. The van der Waals surface area contributed by atoms with E-state index in [2.05, 4.69) is 53.4 Å². The Morgan fingerprint density at radius 1 is 1.42 bits per heavy atom. The predicted molar refractivity (Wildman–Crippen MR) is 66.2 cm³/mol. The minimum atomic E-state index is 0.801. The van der Waals surface area contributed by atoms with Crippen molar-refractivity contribution in [1.82, 2.24) is 0 Å². The second-order valence-corrected chi connectivity index (χ2v) is 5.23. The van der Waals surface area contributed by atoms with Crippen molar-refractivity contribution in [2.24, 2.45) is 0 Å². The number of fused-ring (bicyclic) bond motifs is 1. The Kier molecular flexibility index (Phi) is 2.22. The first-order valence-corrected chi connectivity index (χ1v) is 5.69. The third kappa shape index (κ3) is 1.31. The predicted octanol–water partition coefficient (Wildman–Crippen LogP) is 3.38.